The second-order valence-corrected chi connectivity index (χ2v) is 5.32. The molecule has 0 amide bonds. The normalized spacial score (nSPS) is 18.1. The first-order valence-electron chi connectivity index (χ1n) is 6.13. The summed E-state index contributed by atoms with van der Waals surface area (Å²) < 4.78 is 9.83. The number of nitro benzene ring substituents is 1. The van der Waals surface area contributed by atoms with Gasteiger partial charge in [-0.1, -0.05) is 11.6 Å². The van der Waals surface area contributed by atoms with Crippen LogP contribution in [0.5, 0.6) is 0 Å². The van der Waals surface area contributed by atoms with Gasteiger partial charge in [0.1, 0.15) is 5.69 Å². The molecule has 0 aliphatic carbocycles. The smallest absolute Gasteiger partial charge is 0.329 e. The van der Waals surface area contributed by atoms with E-state index >= 15 is 0 Å². The van der Waals surface area contributed by atoms with Crippen molar-refractivity contribution in [2.75, 3.05) is 0 Å². The summed E-state index contributed by atoms with van der Waals surface area (Å²) in [6.07, 6.45) is 0.943. The van der Waals surface area contributed by atoms with E-state index in [4.69, 9.17) is 21.1 Å². The fourth-order valence-electron chi connectivity index (χ4n) is 1.76. The van der Waals surface area contributed by atoms with Crippen LogP contribution in [0.4, 0.5) is 11.4 Å². The van der Waals surface area contributed by atoms with Crippen LogP contribution in [0.3, 0.4) is 0 Å². The Hall–Kier alpha value is -2.48. The number of carbonyl (C=O) groups excluding carboxylic acids is 2. The summed E-state index contributed by atoms with van der Waals surface area (Å²) in [5.41, 5.74) is -0.388. The minimum atomic E-state index is -1.38. The molecule has 0 bridgehead atoms. The largest absolute Gasteiger partial charge is 0.422 e. The van der Waals surface area contributed by atoms with E-state index in [0.29, 0.717) is 0 Å². The molecule has 0 radical (unpaired) electrons. The highest BCUT2D eigenvalue weighted by molar-refractivity contribution is 6.31. The topological polar surface area (TPSA) is 108 Å². The number of ether oxygens (including phenoxy) is 2. The first-order valence-corrected chi connectivity index (χ1v) is 6.51. The maximum atomic E-state index is 11.8. The number of aliphatic imine (C=N–C) groups is 1. The van der Waals surface area contributed by atoms with Gasteiger partial charge in [0.2, 0.25) is 0 Å². The number of hydrogen-bond donors (Lipinski definition) is 0. The van der Waals surface area contributed by atoms with Crippen LogP contribution in [0.25, 0.3) is 0 Å². The lowest BCUT2D eigenvalue weighted by molar-refractivity contribution is -0.384. The number of nitrogens with zero attached hydrogens (tertiary/aromatic N) is 2. The highest BCUT2D eigenvalue weighted by Crippen LogP contribution is 2.30. The molecular formula is C13H11ClN2O6. The van der Waals surface area contributed by atoms with E-state index < -0.39 is 28.6 Å². The van der Waals surface area contributed by atoms with Crippen molar-refractivity contribution in [1.29, 1.82) is 0 Å². The van der Waals surface area contributed by atoms with Crippen LogP contribution < -0.4 is 0 Å². The van der Waals surface area contributed by atoms with Crippen molar-refractivity contribution in [2.45, 2.75) is 19.6 Å². The van der Waals surface area contributed by atoms with Gasteiger partial charge in [-0.25, -0.2) is 0 Å². The van der Waals surface area contributed by atoms with Gasteiger partial charge in [-0.2, -0.15) is 0 Å². The van der Waals surface area contributed by atoms with Gasteiger partial charge in [-0.05, 0) is 12.1 Å². The molecule has 1 aromatic rings. The highest BCUT2D eigenvalue weighted by atomic mass is 35.5. The first-order chi connectivity index (χ1) is 10.2. The molecule has 9 heteroatoms. The molecule has 1 saturated heterocycles. The van der Waals surface area contributed by atoms with Gasteiger partial charge in [-0.3, -0.25) is 24.7 Å². The van der Waals surface area contributed by atoms with Gasteiger partial charge < -0.3 is 9.47 Å². The Labute approximate surface area is 129 Å². The minimum Gasteiger partial charge on any atom is -0.422 e. The van der Waals surface area contributed by atoms with Gasteiger partial charge in [0.05, 0.1) is 4.92 Å². The van der Waals surface area contributed by atoms with Gasteiger partial charge in [0.25, 0.3) is 11.5 Å². The predicted molar refractivity (Wildman–Crippen MR) is 76.0 cm³/mol. The van der Waals surface area contributed by atoms with Crippen molar-refractivity contribution in [3.8, 4) is 0 Å². The summed E-state index contributed by atoms with van der Waals surface area (Å²) in [4.78, 5) is 37.6. The summed E-state index contributed by atoms with van der Waals surface area (Å²) in [6, 6.07) is 3.76. The fraction of sp³-hybridized carbons (Fsp3) is 0.308. The molecule has 1 aliphatic heterocycles. The maximum Gasteiger partial charge on any atom is 0.329 e. The molecule has 8 nitrogen and oxygen atoms in total. The monoisotopic (exact) mass is 326 g/mol. The van der Waals surface area contributed by atoms with E-state index in [9.17, 15) is 19.7 Å². The first kappa shape index (κ1) is 15.9. The molecule has 0 atom stereocenters. The standard InChI is InChI=1S/C13H11ClN2O6/c1-13(2)21-11(17)8(12(18)22-13)6-15-9-5-7(14)3-4-10(9)16(19)20/h3-6,8H,1-2H3. The molecule has 22 heavy (non-hydrogen) atoms. The number of carbonyl (C=O) groups is 2. The summed E-state index contributed by atoms with van der Waals surface area (Å²) in [6.45, 7) is 2.83. The molecule has 1 fully saturated rings. The van der Waals surface area contributed by atoms with Crippen molar-refractivity contribution in [3.05, 3.63) is 33.3 Å². The molecule has 1 heterocycles. The second kappa shape index (κ2) is 5.72. The predicted octanol–water partition coefficient (Wildman–Crippen LogP) is 2.40. The average molecular weight is 327 g/mol. The zero-order valence-corrected chi connectivity index (χ0v) is 12.4. The lowest BCUT2D eigenvalue weighted by Gasteiger charge is -2.31. The Morgan fingerprint density at radius 3 is 2.45 bits per heavy atom. The van der Waals surface area contributed by atoms with Crippen LogP contribution in [-0.4, -0.2) is 28.9 Å². The Morgan fingerprint density at radius 1 is 1.32 bits per heavy atom. The molecule has 0 N–H and O–H groups in total. The number of benzene rings is 1. The maximum absolute atomic E-state index is 11.8. The van der Waals surface area contributed by atoms with Crippen LogP contribution in [0.2, 0.25) is 5.02 Å². The van der Waals surface area contributed by atoms with E-state index in [1.165, 1.54) is 32.0 Å². The number of nitro groups is 1. The molecule has 0 spiro atoms. The van der Waals surface area contributed by atoms with Crippen LogP contribution in [-0.2, 0) is 19.1 Å². The van der Waals surface area contributed by atoms with Crippen molar-refractivity contribution < 1.29 is 24.0 Å². The fourth-order valence-corrected chi connectivity index (χ4v) is 1.93. The average Bonchev–Trinajstić information content (AvgIpc) is 2.35. The number of halogens is 1. The van der Waals surface area contributed by atoms with E-state index in [0.717, 1.165) is 6.21 Å². The Kier molecular flexibility index (Phi) is 4.14. The molecule has 0 saturated carbocycles. The molecule has 0 aromatic heterocycles. The van der Waals surface area contributed by atoms with Crippen LogP contribution >= 0.6 is 11.6 Å². The van der Waals surface area contributed by atoms with Crippen molar-refractivity contribution in [3.63, 3.8) is 0 Å². The van der Waals surface area contributed by atoms with E-state index in [1.807, 2.05) is 0 Å². The zero-order valence-electron chi connectivity index (χ0n) is 11.6. The van der Waals surface area contributed by atoms with E-state index in [1.54, 1.807) is 0 Å². The van der Waals surface area contributed by atoms with Gasteiger partial charge in [0.15, 0.2) is 5.92 Å². The third-order valence-electron chi connectivity index (χ3n) is 2.70. The quantitative estimate of drug-likeness (QED) is 0.277. The minimum absolute atomic E-state index is 0.0806. The summed E-state index contributed by atoms with van der Waals surface area (Å²) in [7, 11) is 0. The molecule has 1 aromatic carbocycles. The summed E-state index contributed by atoms with van der Waals surface area (Å²) in [5.74, 6) is -4.41. The SMILES string of the molecule is CC1(C)OC(=O)C(C=Nc2cc(Cl)ccc2[N+](=O)[O-])C(=O)O1. The molecule has 0 unspecified atom stereocenters. The molecule has 116 valence electrons. The molecular weight excluding hydrogens is 316 g/mol. The Morgan fingerprint density at radius 2 is 1.91 bits per heavy atom. The van der Waals surface area contributed by atoms with Crippen LogP contribution in [0.15, 0.2) is 23.2 Å². The lowest BCUT2D eigenvalue weighted by Crippen LogP contribution is -2.46. The van der Waals surface area contributed by atoms with Crippen LogP contribution in [0.1, 0.15) is 13.8 Å². The van der Waals surface area contributed by atoms with Gasteiger partial charge >= 0.3 is 11.9 Å². The van der Waals surface area contributed by atoms with Gasteiger partial charge in [0, 0.05) is 31.2 Å². The summed E-state index contributed by atoms with van der Waals surface area (Å²) >= 11 is 5.76. The summed E-state index contributed by atoms with van der Waals surface area (Å²) in [5, 5.41) is 11.1. The van der Waals surface area contributed by atoms with Crippen molar-refractivity contribution >= 4 is 41.1 Å². The number of rotatable bonds is 3. The highest BCUT2D eigenvalue weighted by Gasteiger charge is 2.42. The number of esters is 2. The van der Waals surface area contributed by atoms with Gasteiger partial charge in [-0.15, -0.1) is 0 Å². The lowest BCUT2D eigenvalue weighted by atomic mass is 10.1. The Balaban J connectivity index is 2.29. The second-order valence-electron chi connectivity index (χ2n) is 4.89. The Bertz CT molecular complexity index is 665. The van der Waals surface area contributed by atoms with Crippen molar-refractivity contribution in [2.24, 2.45) is 10.9 Å². The number of cyclic esters (lactones) is 2. The van der Waals surface area contributed by atoms with E-state index in [2.05, 4.69) is 4.99 Å². The van der Waals surface area contributed by atoms with Crippen LogP contribution in [0, 0.1) is 16.0 Å². The number of hydrogen-bond acceptors (Lipinski definition) is 7. The third kappa shape index (κ3) is 3.40. The third-order valence-corrected chi connectivity index (χ3v) is 2.93. The molecule has 1 aliphatic rings. The van der Waals surface area contributed by atoms with E-state index in [-0.39, 0.29) is 16.4 Å². The van der Waals surface area contributed by atoms with Crippen molar-refractivity contribution in [1.82, 2.24) is 0 Å². The zero-order chi connectivity index (χ0) is 16.5. The molecule has 2 rings (SSSR count).